The SMILES string of the molecule is CCC(C)C(=O)OCCOC1CCCCC1. The van der Waals surface area contributed by atoms with Crippen molar-refractivity contribution in [2.75, 3.05) is 13.2 Å². The van der Waals surface area contributed by atoms with Crippen molar-refractivity contribution in [3.05, 3.63) is 0 Å². The van der Waals surface area contributed by atoms with Crippen molar-refractivity contribution in [2.45, 2.75) is 58.5 Å². The van der Waals surface area contributed by atoms with E-state index in [1.54, 1.807) is 0 Å². The molecule has 0 saturated heterocycles. The van der Waals surface area contributed by atoms with Crippen molar-refractivity contribution in [3.63, 3.8) is 0 Å². The second-order valence-electron chi connectivity index (χ2n) is 4.61. The molecule has 0 heterocycles. The molecular formula is C13H24O3. The zero-order chi connectivity index (χ0) is 11.8. The Morgan fingerprint density at radius 3 is 2.56 bits per heavy atom. The summed E-state index contributed by atoms with van der Waals surface area (Å²) < 4.78 is 10.8. The molecule has 1 rings (SSSR count). The van der Waals surface area contributed by atoms with Crippen molar-refractivity contribution < 1.29 is 14.3 Å². The van der Waals surface area contributed by atoms with Crippen LogP contribution in [0, 0.1) is 5.92 Å². The molecule has 3 nitrogen and oxygen atoms in total. The molecule has 1 unspecified atom stereocenters. The Labute approximate surface area is 98.5 Å². The van der Waals surface area contributed by atoms with Crippen molar-refractivity contribution in [2.24, 2.45) is 5.92 Å². The molecule has 0 aromatic carbocycles. The number of carbonyl (C=O) groups excluding carboxylic acids is 1. The highest BCUT2D eigenvalue weighted by atomic mass is 16.6. The number of hydrogen-bond acceptors (Lipinski definition) is 3. The summed E-state index contributed by atoms with van der Waals surface area (Å²) in [4.78, 5) is 11.3. The third kappa shape index (κ3) is 4.97. The number of carbonyl (C=O) groups is 1. The minimum Gasteiger partial charge on any atom is -0.463 e. The third-order valence-corrected chi connectivity index (χ3v) is 3.25. The molecule has 0 radical (unpaired) electrons. The van der Waals surface area contributed by atoms with Crippen molar-refractivity contribution >= 4 is 5.97 Å². The lowest BCUT2D eigenvalue weighted by Gasteiger charge is -2.21. The zero-order valence-corrected chi connectivity index (χ0v) is 10.5. The topological polar surface area (TPSA) is 35.5 Å². The Bertz CT molecular complexity index is 197. The molecule has 94 valence electrons. The van der Waals surface area contributed by atoms with E-state index in [0.29, 0.717) is 19.3 Å². The van der Waals surface area contributed by atoms with E-state index in [0.717, 1.165) is 6.42 Å². The van der Waals surface area contributed by atoms with Gasteiger partial charge in [0.05, 0.1) is 18.6 Å². The van der Waals surface area contributed by atoms with Gasteiger partial charge >= 0.3 is 5.97 Å². The molecule has 0 aliphatic heterocycles. The average molecular weight is 228 g/mol. The highest BCUT2D eigenvalue weighted by Crippen LogP contribution is 2.19. The van der Waals surface area contributed by atoms with Crippen LogP contribution in [0.25, 0.3) is 0 Å². The van der Waals surface area contributed by atoms with E-state index in [9.17, 15) is 4.79 Å². The van der Waals surface area contributed by atoms with Crippen LogP contribution in [0.3, 0.4) is 0 Å². The lowest BCUT2D eigenvalue weighted by atomic mass is 9.98. The molecule has 0 amide bonds. The summed E-state index contributed by atoms with van der Waals surface area (Å²) in [7, 11) is 0. The lowest BCUT2D eigenvalue weighted by Crippen LogP contribution is -2.21. The summed E-state index contributed by atoms with van der Waals surface area (Å²) in [6.07, 6.45) is 7.45. The fourth-order valence-electron chi connectivity index (χ4n) is 1.90. The van der Waals surface area contributed by atoms with E-state index in [1.165, 1.54) is 32.1 Å². The first-order chi connectivity index (χ1) is 7.74. The van der Waals surface area contributed by atoms with Crippen molar-refractivity contribution in [3.8, 4) is 0 Å². The van der Waals surface area contributed by atoms with E-state index in [1.807, 2.05) is 13.8 Å². The highest BCUT2D eigenvalue weighted by molar-refractivity contribution is 5.71. The number of ether oxygens (including phenoxy) is 2. The normalized spacial score (nSPS) is 19.4. The van der Waals surface area contributed by atoms with Gasteiger partial charge in [0, 0.05) is 0 Å². The second-order valence-corrected chi connectivity index (χ2v) is 4.61. The van der Waals surface area contributed by atoms with Crippen molar-refractivity contribution in [1.82, 2.24) is 0 Å². The van der Waals surface area contributed by atoms with E-state index < -0.39 is 0 Å². The molecular weight excluding hydrogens is 204 g/mol. The molecule has 1 fully saturated rings. The Kier molecular flexibility index (Phi) is 6.46. The van der Waals surface area contributed by atoms with Gasteiger partial charge in [-0.1, -0.05) is 33.1 Å². The minimum atomic E-state index is -0.102. The van der Waals surface area contributed by atoms with Gasteiger partial charge in [-0.15, -0.1) is 0 Å². The summed E-state index contributed by atoms with van der Waals surface area (Å²) in [5, 5.41) is 0. The summed E-state index contributed by atoms with van der Waals surface area (Å²) >= 11 is 0. The van der Waals surface area contributed by atoms with Crippen LogP contribution in [-0.2, 0) is 14.3 Å². The molecule has 0 aromatic rings. The van der Waals surface area contributed by atoms with E-state index in [2.05, 4.69) is 0 Å². The van der Waals surface area contributed by atoms with Gasteiger partial charge in [-0.25, -0.2) is 0 Å². The third-order valence-electron chi connectivity index (χ3n) is 3.25. The van der Waals surface area contributed by atoms with Crippen LogP contribution in [0.5, 0.6) is 0 Å². The largest absolute Gasteiger partial charge is 0.463 e. The van der Waals surface area contributed by atoms with Gasteiger partial charge in [0.15, 0.2) is 0 Å². The minimum absolute atomic E-state index is 0.00896. The smallest absolute Gasteiger partial charge is 0.308 e. The second kappa shape index (κ2) is 7.66. The van der Waals surface area contributed by atoms with Gasteiger partial charge in [-0.3, -0.25) is 4.79 Å². The number of rotatable bonds is 6. The molecule has 0 N–H and O–H groups in total. The van der Waals surface area contributed by atoms with Gasteiger partial charge in [0.2, 0.25) is 0 Å². The van der Waals surface area contributed by atoms with Crippen molar-refractivity contribution in [1.29, 1.82) is 0 Å². The van der Waals surface area contributed by atoms with Gasteiger partial charge in [0.25, 0.3) is 0 Å². The van der Waals surface area contributed by atoms with Crippen LogP contribution in [0.1, 0.15) is 52.4 Å². The highest BCUT2D eigenvalue weighted by Gasteiger charge is 2.14. The zero-order valence-electron chi connectivity index (χ0n) is 10.5. The van der Waals surface area contributed by atoms with Crippen LogP contribution in [0.15, 0.2) is 0 Å². The van der Waals surface area contributed by atoms with Crippen LogP contribution in [-0.4, -0.2) is 25.3 Å². The predicted molar refractivity (Wildman–Crippen MR) is 63.2 cm³/mol. The Hall–Kier alpha value is -0.570. The summed E-state index contributed by atoms with van der Waals surface area (Å²) in [6.45, 7) is 4.83. The molecule has 1 aliphatic rings. The monoisotopic (exact) mass is 228 g/mol. The molecule has 1 aliphatic carbocycles. The molecule has 3 heteroatoms. The van der Waals surface area contributed by atoms with Crippen LogP contribution in [0.4, 0.5) is 0 Å². The number of esters is 1. The van der Waals surface area contributed by atoms with E-state index in [4.69, 9.17) is 9.47 Å². The van der Waals surface area contributed by atoms with E-state index in [-0.39, 0.29) is 11.9 Å². The van der Waals surface area contributed by atoms with Gasteiger partial charge in [-0.05, 0) is 19.3 Å². The summed E-state index contributed by atoms with van der Waals surface area (Å²) in [6, 6.07) is 0. The molecule has 0 bridgehead atoms. The van der Waals surface area contributed by atoms with E-state index >= 15 is 0 Å². The fourth-order valence-corrected chi connectivity index (χ4v) is 1.90. The Morgan fingerprint density at radius 1 is 1.25 bits per heavy atom. The van der Waals surface area contributed by atoms with Gasteiger partial charge in [0.1, 0.15) is 6.61 Å². The molecule has 16 heavy (non-hydrogen) atoms. The molecule has 0 spiro atoms. The fraction of sp³-hybridized carbons (Fsp3) is 0.923. The Balaban J connectivity index is 2.00. The maximum atomic E-state index is 11.3. The Morgan fingerprint density at radius 2 is 1.94 bits per heavy atom. The lowest BCUT2D eigenvalue weighted by molar-refractivity contribution is -0.150. The first kappa shape index (κ1) is 13.5. The molecule has 0 aromatic heterocycles. The quantitative estimate of drug-likeness (QED) is 0.518. The van der Waals surface area contributed by atoms with Gasteiger partial charge in [-0.2, -0.15) is 0 Å². The number of hydrogen-bond donors (Lipinski definition) is 0. The van der Waals surface area contributed by atoms with Crippen LogP contribution >= 0.6 is 0 Å². The average Bonchev–Trinajstić information content (AvgIpc) is 2.34. The van der Waals surface area contributed by atoms with Crippen LogP contribution in [0.2, 0.25) is 0 Å². The standard InChI is InChI=1S/C13H24O3/c1-3-11(2)13(14)16-10-9-15-12-7-5-4-6-8-12/h11-12H,3-10H2,1-2H3. The molecule has 1 atom stereocenters. The predicted octanol–water partition coefficient (Wildman–Crippen LogP) is 2.93. The van der Waals surface area contributed by atoms with Crippen LogP contribution < -0.4 is 0 Å². The first-order valence-corrected chi connectivity index (χ1v) is 6.52. The first-order valence-electron chi connectivity index (χ1n) is 6.52. The maximum absolute atomic E-state index is 11.3. The maximum Gasteiger partial charge on any atom is 0.308 e. The summed E-state index contributed by atoms with van der Waals surface area (Å²) in [5.74, 6) is -0.0931. The summed E-state index contributed by atoms with van der Waals surface area (Å²) in [5.41, 5.74) is 0. The molecule has 1 saturated carbocycles. The van der Waals surface area contributed by atoms with Gasteiger partial charge < -0.3 is 9.47 Å².